The van der Waals surface area contributed by atoms with Gasteiger partial charge in [-0.2, -0.15) is 0 Å². The van der Waals surface area contributed by atoms with Gasteiger partial charge in [0.25, 0.3) is 0 Å². The zero-order chi connectivity index (χ0) is 12.2. The minimum absolute atomic E-state index is 0.245. The second kappa shape index (κ2) is 10.9. The van der Waals surface area contributed by atoms with E-state index in [1.54, 1.807) is 0 Å². The van der Waals surface area contributed by atoms with Crippen molar-refractivity contribution in [2.75, 3.05) is 13.2 Å². The normalized spacial score (nSPS) is 11.0. The lowest BCUT2D eigenvalue weighted by atomic mass is 10.2. The van der Waals surface area contributed by atoms with Crippen LogP contribution in [0.25, 0.3) is 0 Å². The zero-order valence-electron chi connectivity index (χ0n) is 9.04. The third kappa shape index (κ3) is 9.95. The molecule has 0 aromatic carbocycles. The molecule has 6 heteroatoms. The molecule has 0 unspecified atom stereocenters. The first kappa shape index (κ1) is 15.4. The van der Waals surface area contributed by atoms with E-state index in [1.807, 2.05) is 0 Å². The van der Waals surface area contributed by atoms with E-state index in [9.17, 15) is 4.39 Å². The molecule has 0 rings (SSSR count). The number of halogens is 1. The fourth-order valence-corrected chi connectivity index (χ4v) is 1.24. The smallest absolute Gasteiger partial charge is 0.170 e. The van der Waals surface area contributed by atoms with Gasteiger partial charge in [0.1, 0.15) is 5.83 Å². The highest BCUT2D eigenvalue weighted by atomic mass is 32.1. The van der Waals surface area contributed by atoms with E-state index in [0.29, 0.717) is 5.11 Å². The van der Waals surface area contributed by atoms with Crippen molar-refractivity contribution in [2.45, 2.75) is 25.7 Å². The summed E-state index contributed by atoms with van der Waals surface area (Å²) in [5, 5.41) is 15.4. The van der Waals surface area contributed by atoms with Gasteiger partial charge in [0, 0.05) is 24.7 Å². The van der Waals surface area contributed by atoms with Gasteiger partial charge >= 0.3 is 0 Å². The van der Waals surface area contributed by atoms with Gasteiger partial charge in [0.15, 0.2) is 5.11 Å². The lowest BCUT2D eigenvalue weighted by Gasteiger charge is -2.06. The molecule has 0 atom stereocenters. The van der Waals surface area contributed by atoms with Crippen molar-refractivity contribution in [2.24, 2.45) is 0 Å². The number of thiocarbonyl (C=S) groups is 2. The quantitative estimate of drug-likeness (QED) is 0.354. The SMILES string of the molecule is OCCCCCCNC(=S)N/C=C(/F)C=S. The molecule has 0 aliphatic heterocycles. The molecular formula is C10H17FN2OS2. The van der Waals surface area contributed by atoms with Gasteiger partial charge < -0.3 is 15.7 Å². The van der Waals surface area contributed by atoms with E-state index < -0.39 is 5.83 Å². The number of hydrogen-bond acceptors (Lipinski definition) is 3. The van der Waals surface area contributed by atoms with E-state index >= 15 is 0 Å². The van der Waals surface area contributed by atoms with Gasteiger partial charge in [-0.15, -0.1) is 0 Å². The van der Waals surface area contributed by atoms with E-state index in [2.05, 4.69) is 22.9 Å². The Kier molecular flexibility index (Phi) is 10.5. The first-order valence-corrected chi connectivity index (χ1v) is 6.04. The molecule has 3 N–H and O–H groups in total. The number of unbranched alkanes of at least 4 members (excludes halogenated alkanes) is 3. The maximum Gasteiger partial charge on any atom is 0.170 e. The van der Waals surface area contributed by atoms with Crippen molar-refractivity contribution in [3.8, 4) is 0 Å². The van der Waals surface area contributed by atoms with E-state index in [0.717, 1.165) is 43.8 Å². The molecule has 0 fully saturated rings. The van der Waals surface area contributed by atoms with Crippen LogP contribution in [0.5, 0.6) is 0 Å². The van der Waals surface area contributed by atoms with Gasteiger partial charge in [-0.25, -0.2) is 4.39 Å². The van der Waals surface area contributed by atoms with Crippen molar-refractivity contribution < 1.29 is 9.50 Å². The van der Waals surface area contributed by atoms with Gasteiger partial charge in [-0.05, 0) is 25.1 Å². The standard InChI is InChI=1S/C10H17FN2OS2/c11-9(8-15)7-13-10(16)12-5-3-1-2-4-6-14/h7-8,14H,1-6H2,(H2,12,13,16)/b9-7+. The fourth-order valence-electron chi connectivity index (χ4n) is 1.01. The summed E-state index contributed by atoms with van der Waals surface area (Å²) in [5.41, 5.74) is 0. The average Bonchev–Trinajstić information content (AvgIpc) is 2.30. The zero-order valence-corrected chi connectivity index (χ0v) is 10.7. The highest BCUT2D eigenvalue weighted by molar-refractivity contribution is 7.80. The molecule has 0 saturated heterocycles. The van der Waals surface area contributed by atoms with Crippen LogP contribution in [0.4, 0.5) is 4.39 Å². The summed E-state index contributed by atoms with van der Waals surface area (Å²) in [5.74, 6) is -0.526. The molecule has 0 aliphatic carbocycles. The van der Waals surface area contributed by atoms with Crippen LogP contribution in [-0.2, 0) is 0 Å². The Morgan fingerprint density at radius 3 is 2.56 bits per heavy atom. The van der Waals surface area contributed by atoms with Gasteiger partial charge in [-0.1, -0.05) is 25.1 Å². The lowest BCUT2D eigenvalue weighted by molar-refractivity contribution is 0.282. The maximum absolute atomic E-state index is 12.5. The summed E-state index contributed by atoms with van der Waals surface area (Å²) in [6, 6.07) is 0. The average molecular weight is 264 g/mol. The third-order valence-corrected chi connectivity index (χ3v) is 2.31. The van der Waals surface area contributed by atoms with Crippen molar-refractivity contribution in [3.63, 3.8) is 0 Å². The molecule has 0 aliphatic rings. The molecule has 3 nitrogen and oxygen atoms in total. The van der Waals surface area contributed by atoms with Crippen LogP contribution >= 0.6 is 24.4 Å². The Hall–Kier alpha value is -0.590. The summed E-state index contributed by atoms with van der Waals surface area (Å²) >= 11 is 9.28. The number of aliphatic hydroxyl groups excluding tert-OH is 1. The predicted octanol–water partition coefficient (Wildman–Crippen LogP) is 1.81. The van der Waals surface area contributed by atoms with Crippen LogP contribution in [0, 0.1) is 0 Å². The Morgan fingerprint density at radius 2 is 1.94 bits per heavy atom. The molecule has 0 amide bonds. The summed E-state index contributed by atoms with van der Waals surface area (Å²) < 4.78 is 12.5. The van der Waals surface area contributed by atoms with Gasteiger partial charge in [-0.3, -0.25) is 0 Å². The number of nitrogens with one attached hydrogen (secondary N) is 2. The van der Waals surface area contributed by atoms with Crippen LogP contribution in [0.1, 0.15) is 25.7 Å². The molecule has 0 radical (unpaired) electrons. The third-order valence-electron chi connectivity index (χ3n) is 1.82. The largest absolute Gasteiger partial charge is 0.396 e. The highest BCUT2D eigenvalue weighted by Gasteiger charge is 1.94. The van der Waals surface area contributed by atoms with E-state index in [-0.39, 0.29) is 6.61 Å². The topological polar surface area (TPSA) is 44.3 Å². The minimum atomic E-state index is -0.526. The Morgan fingerprint density at radius 1 is 1.25 bits per heavy atom. The molecule has 92 valence electrons. The van der Waals surface area contributed by atoms with Gasteiger partial charge in [0.2, 0.25) is 0 Å². The predicted molar refractivity (Wildman–Crippen MR) is 72.1 cm³/mol. The number of rotatable bonds is 8. The van der Waals surface area contributed by atoms with Crippen LogP contribution < -0.4 is 10.6 Å². The molecule has 0 aromatic rings. The summed E-state index contributed by atoms with van der Waals surface area (Å²) in [6.45, 7) is 0.985. The van der Waals surface area contributed by atoms with Crippen molar-refractivity contribution >= 4 is 34.9 Å². The summed E-state index contributed by atoms with van der Waals surface area (Å²) in [7, 11) is 0. The second-order valence-corrected chi connectivity index (χ2v) is 3.83. The van der Waals surface area contributed by atoms with Crippen molar-refractivity contribution in [1.29, 1.82) is 0 Å². The van der Waals surface area contributed by atoms with E-state index in [4.69, 9.17) is 17.3 Å². The molecule has 0 spiro atoms. The highest BCUT2D eigenvalue weighted by Crippen LogP contribution is 1.97. The lowest BCUT2D eigenvalue weighted by Crippen LogP contribution is -2.32. The van der Waals surface area contributed by atoms with Crippen LogP contribution in [0.15, 0.2) is 12.0 Å². The monoisotopic (exact) mass is 264 g/mol. The molecule has 16 heavy (non-hydrogen) atoms. The van der Waals surface area contributed by atoms with Crippen molar-refractivity contribution in [1.82, 2.24) is 10.6 Å². The summed E-state index contributed by atoms with van der Waals surface area (Å²) in [4.78, 5) is 0. The molecule has 0 heterocycles. The van der Waals surface area contributed by atoms with Crippen LogP contribution in [-0.4, -0.2) is 28.7 Å². The maximum atomic E-state index is 12.5. The van der Waals surface area contributed by atoms with Gasteiger partial charge in [0.05, 0.1) is 0 Å². The number of allylic oxidation sites excluding steroid dienone is 1. The summed E-state index contributed by atoms with van der Waals surface area (Å²) in [6.07, 6.45) is 4.98. The Balaban J connectivity index is 3.41. The number of aliphatic hydroxyl groups is 1. The molecule has 0 saturated carbocycles. The van der Waals surface area contributed by atoms with E-state index in [1.165, 1.54) is 0 Å². The minimum Gasteiger partial charge on any atom is -0.396 e. The first-order valence-electron chi connectivity index (χ1n) is 5.16. The Bertz CT molecular complexity index is 247. The Labute approximate surface area is 106 Å². The second-order valence-electron chi connectivity index (χ2n) is 3.19. The van der Waals surface area contributed by atoms with Crippen LogP contribution in [0.3, 0.4) is 0 Å². The molecule has 0 bridgehead atoms. The van der Waals surface area contributed by atoms with Crippen molar-refractivity contribution in [3.05, 3.63) is 12.0 Å². The molecular weight excluding hydrogens is 247 g/mol. The first-order chi connectivity index (χ1) is 7.70. The van der Waals surface area contributed by atoms with Crippen LogP contribution in [0.2, 0.25) is 0 Å². The fraction of sp³-hybridized carbons (Fsp3) is 0.600. The number of hydrogen-bond donors (Lipinski definition) is 3. The molecule has 0 aromatic heterocycles.